The predicted octanol–water partition coefficient (Wildman–Crippen LogP) is 5.62. The van der Waals surface area contributed by atoms with Gasteiger partial charge in [-0.2, -0.15) is 13.2 Å². The number of ether oxygens (including phenoxy) is 2. The summed E-state index contributed by atoms with van der Waals surface area (Å²) >= 11 is 0. The molecule has 0 bridgehead atoms. The zero-order valence-electron chi connectivity index (χ0n) is 16.4. The van der Waals surface area contributed by atoms with Gasteiger partial charge in [0.15, 0.2) is 11.5 Å². The van der Waals surface area contributed by atoms with Gasteiger partial charge in [0.05, 0.1) is 24.8 Å². The van der Waals surface area contributed by atoms with Crippen molar-refractivity contribution in [2.75, 3.05) is 18.5 Å². The van der Waals surface area contributed by atoms with E-state index in [1.54, 1.807) is 24.3 Å². The largest absolute Gasteiger partial charge is 0.490 e. The van der Waals surface area contributed by atoms with Crippen LogP contribution in [-0.2, 0) is 6.18 Å². The molecule has 0 spiro atoms. The first-order valence-electron chi connectivity index (χ1n) is 9.33. The lowest BCUT2D eigenvalue weighted by molar-refractivity contribution is -0.144. The number of fused-ring (bicyclic) bond motifs is 1. The summed E-state index contributed by atoms with van der Waals surface area (Å²) in [5.74, 6) is 0.163. The highest BCUT2D eigenvalue weighted by Gasteiger charge is 2.35. The van der Waals surface area contributed by atoms with Gasteiger partial charge in [-0.15, -0.1) is 0 Å². The lowest BCUT2D eigenvalue weighted by atomic mass is 10.1. The van der Waals surface area contributed by atoms with E-state index in [9.17, 15) is 13.2 Å². The SMILES string of the molecule is CCOc1ccc([C@H](C)Nc2nc(C(F)(F)F)nc3ccccc23)cc1OCC. The fraction of sp³-hybridized carbons (Fsp3) is 0.333. The van der Waals surface area contributed by atoms with Gasteiger partial charge in [0.2, 0.25) is 5.82 Å². The second-order valence-corrected chi connectivity index (χ2v) is 6.35. The number of nitrogens with one attached hydrogen (secondary N) is 1. The molecule has 1 atom stereocenters. The Morgan fingerprint density at radius 1 is 0.966 bits per heavy atom. The molecule has 8 heteroatoms. The van der Waals surface area contributed by atoms with Crippen molar-refractivity contribution < 1.29 is 22.6 Å². The van der Waals surface area contributed by atoms with Crippen LogP contribution in [0.1, 0.15) is 38.2 Å². The summed E-state index contributed by atoms with van der Waals surface area (Å²) in [6, 6.07) is 11.7. The quantitative estimate of drug-likeness (QED) is 0.553. The molecule has 0 fully saturated rings. The number of halogens is 3. The van der Waals surface area contributed by atoms with Crippen LogP contribution in [0.4, 0.5) is 19.0 Å². The molecule has 0 saturated carbocycles. The van der Waals surface area contributed by atoms with Crippen molar-refractivity contribution in [3.8, 4) is 11.5 Å². The van der Waals surface area contributed by atoms with Crippen LogP contribution in [0, 0.1) is 0 Å². The van der Waals surface area contributed by atoms with Crippen molar-refractivity contribution in [1.29, 1.82) is 0 Å². The van der Waals surface area contributed by atoms with Crippen molar-refractivity contribution in [3.05, 3.63) is 53.9 Å². The van der Waals surface area contributed by atoms with Crippen LogP contribution in [0.15, 0.2) is 42.5 Å². The summed E-state index contributed by atoms with van der Waals surface area (Å²) in [6.45, 7) is 6.56. The van der Waals surface area contributed by atoms with Crippen molar-refractivity contribution in [2.45, 2.75) is 33.0 Å². The highest BCUT2D eigenvalue weighted by Crippen LogP contribution is 2.34. The molecule has 1 heterocycles. The number of anilines is 1. The Labute approximate surface area is 166 Å². The van der Waals surface area contributed by atoms with E-state index in [-0.39, 0.29) is 17.4 Å². The Morgan fingerprint density at radius 2 is 1.66 bits per heavy atom. The lowest BCUT2D eigenvalue weighted by Crippen LogP contribution is -2.15. The average Bonchev–Trinajstić information content (AvgIpc) is 2.69. The third-order valence-electron chi connectivity index (χ3n) is 4.28. The Bertz CT molecular complexity index is 993. The third-order valence-corrected chi connectivity index (χ3v) is 4.28. The van der Waals surface area contributed by atoms with Gasteiger partial charge in [0.25, 0.3) is 0 Å². The predicted molar refractivity (Wildman–Crippen MR) is 105 cm³/mol. The van der Waals surface area contributed by atoms with Crippen LogP contribution in [-0.4, -0.2) is 23.2 Å². The molecule has 5 nitrogen and oxygen atoms in total. The molecule has 0 aliphatic rings. The van der Waals surface area contributed by atoms with E-state index in [2.05, 4.69) is 15.3 Å². The molecule has 0 unspecified atom stereocenters. The number of hydrogen-bond donors (Lipinski definition) is 1. The topological polar surface area (TPSA) is 56.3 Å². The van der Waals surface area contributed by atoms with Gasteiger partial charge in [-0.25, -0.2) is 9.97 Å². The standard InChI is InChI=1S/C21H22F3N3O2/c1-4-28-17-11-10-14(12-18(17)29-5-2)13(3)25-19-15-8-6-7-9-16(15)26-20(27-19)21(22,23)24/h6-13H,4-5H2,1-3H3,(H,25,26,27)/t13-/m0/s1. The maximum atomic E-state index is 13.2. The van der Waals surface area contributed by atoms with E-state index in [0.29, 0.717) is 30.1 Å². The molecule has 154 valence electrons. The monoisotopic (exact) mass is 405 g/mol. The zero-order chi connectivity index (χ0) is 21.0. The first-order chi connectivity index (χ1) is 13.8. The van der Waals surface area contributed by atoms with E-state index < -0.39 is 12.0 Å². The second kappa shape index (κ2) is 8.55. The molecule has 29 heavy (non-hydrogen) atoms. The number of benzene rings is 2. The Hall–Kier alpha value is -3.03. The highest BCUT2D eigenvalue weighted by molar-refractivity contribution is 5.89. The lowest BCUT2D eigenvalue weighted by Gasteiger charge is -2.19. The van der Waals surface area contributed by atoms with Gasteiger partial charge in [-0.1, -0.05) is 18.2 Å². The van der Waals surface area contributed by atoms with Gasteiger partial charge in [-0.3, -0.25) is 0 Å². The molecule has 3 rings (SSSR count). The Balaban J connectivity index is 1.97. The summed E-state index contributed by atoms with van der Waals surface area (Å²) in [5.41, 5.74) is 1.05. The maximum Gasteiger partial charge on any atom is 0.451 e. The molecule has 0 aliphatic carbocycles. The van der Waals surface area contributed by atoms with Crippen LogP contribution < -0.4 is 14.8 Å². The number of hydrogen-bond acceptors (Lipinski definition) is 5. The minimum absolute atomic E-state index is 0.127. The van der Waals surface area contributed by atoms with Gasteiger partial charge in [0.1, 0.15) is 5.82 Å². The third kappa shape index (κ3) is 4.70. The fourth-order valence-corrected chi connectivity index (χ4v) is 2.94. The normalized spacial score (nSPS) is 12.6. The van der Waals surface area contributed by atoms with E-state index >= 15 is 0 Å². The molecule has 1 N–H and O–H groups in total. The molecular weight excluding hydrogens is 383 g/mol. The maximum absolute atomic E-state index is 13.2. The summed E-state index contributed by atoms with van der Waals surface area (Å²) in [4.78, 5) is 7.39. The number of para-hydroxylation sites is 1. The van der Waals surface area contributed by atoms with Gasteiger partial charge in [-0.05, 0) is 50.6 Å². The zero-order valence-corrected chi connectivity index (χ0v) is 16.4. The number of nitrogens with zero attached hydrogens (tertiary/aromatic N) is 2. The van der Waals surface area contributed by atoms with Crippen molar-refractivity contribution in [2.24, 2.45) is 0 Å². The van der Waals surface area contributed by atoms with Gasteiger partial charge in [0, 0.05) is 5.39 Å². The number of alkyl halides is 3. The van der Waals surface area contributed by atoms with E-state index in [0.717, 1.165) is 5.56 Å². The van der Waals surface area contributed by atoms with Crippen molar-refractivity contribution in [3.63, 3.8) is 0 Å². The van der Waals surface area contributed by atoms with Crippen LogP contribution in [0.3, 0.4) is 0 Å². The van der Waals surface area contributed by atoms with Crippen LogP contribution >= 0.6 is 0 Å². The minimum Gasteiger partial charge on any atom is -0.490 e. The first kappa shape index (κ1) is 20.7. The fourth-order valence-electron chi connectivity index (χ4n) is 2.94. The number of aromatic nitrogens is 2. The van der Waals surface area contributed by atoms with Crippen LogP contribution in [0.2, 0.25) is 0 Å². The van der Waals surface area contributed by atoms with Crippen LogP contribution in [0.5, 0.6) is 11.5 Å². The molecule has 3 aromatic rings. The average molecular weight is 405 g/mol. The molecular formula is C21H22F3N3O2. The van der Waals surface area contributed by atoms with Gasteiger partial charge < -0.3 is 14.8 Å². The molecule has 2 aromatic carbocycles. The number of rotatable bonds is 7. The molecule has 0 saturated heterocycles. The van der Waals surface area contributed by atoms with Crippen molar-refractivity contribution in [1.82, 2.24) is 9.97 Å². The summed E-state index contributed by atoms with van der Waals surface area (Å²) in [5, 5.41) is 3.60. The Morgan fingerprint density at radius 3 is 2.34 bits per heavy atom. The van der Waals surface area contributed by atoms with E-state index in [4.69, 9.17) is 9.47 Å². The van der Waals surface area contributed by atoms with E-state index in [1.807, 2.05) is 32.9 Å². The minimum atomic E-state index is -4.63. The molecule has 0 amide bonds. The highest BCUT2D eigenvalue weighted by atomic mass is 19.4. The molecule has 0 aliphatic heterocycles. The molecule has 0 radical (unpaired) electrons. The summed E-state index contributed by atoms with van der Waals surface area (Å²) < 4.78 is 50.9. The summed E-state index contributed by atoms with van der Waals surface area (Å²) in [7, 11) is 0. The second-order valence-electron chi connectivity index (χ2n) is 6.35. The molecule has 1 aromatic heterocycles. The van der Waals surface area contributed by atoms with Crippen molar-refractivity contribution >= 4 is 16.7 Å². The Kier molecular flexibility index (Phi) is 6.10. The smallest absolute Gasteiger partial charge is 0.451 e. The first-order valence-corrected chi connectivity index (χ1v) is 9.33. The van der Waals surface area contributed by atoms with Gasteiger partial charge >= 0.3 is 6.18 Å². The van der Waals surface area contributed by atoms with E-state index in [1.165, 1.54) is 6.07 Å². The summed E-state index contributed by atoms with van der Waals surface area (Å²) in [6.07, 6.45) is -4.63. The van der Waals surface area contributed by atoms with Crippen LogP contribution in [0.25, 0.3) is 10.9 Å².